The summed E-state index contributed by atoms with van der Waals surface area (Å²) < 4.78 is 26.8. The van der Waals surface area contributed by atoms with Crippen LogP contribution >= 0.6 is 0 Å². The van der Waals surface area contributed by atoms with E-state index in [1.165, 1.54) is 0 Å². The molecule has 5 heteroatoms. The van der Waals surface area contributed by atoms with Crippen molar-refractivity contribution in [2.45, 2.75) is 19.8 Å². The van der Waals surface area contributed by atoms with Gasteiger partial charge in [0.2, 0.25) is 10.9 Å². The number of unbranched alkanes of at least 4 members (excludes halogenated alkanes) is 1. The van der Waals surface area contributed by atoms with Crippen LogP contribution in [0.1, 0.15) is 19.8 Å². The molecule has 0 amide bonds. The van der Waals surface area contributed by atoms with E-state index in [1.807, 2.05) is 37.3 Å². The highest BCUT2D eigenvalue weighted by atomic mass is 32.2. The smallest absolute Gasteiger partial charge is 0.201 e. The minimum absolute atomic E-state index is 0.579. The number of nitrogens with one attached hydrogen (secondary N) is 1. The Morgan fingerprint density at radius 2 is 1.88 bits per heavy atom. The molecule has 1 N–H and O–H groups in total. The van der Waals surface area contributed by atoms with Gasteiger partial charge in [0.25, 0.3) is 0 Å². The van der Waals surface area contributed by atoms with E-state index >= 15 is 0 Å². The molecule has 0 saturated heterocycles. The van der Waals surface area contributed by atoms with Gasteiger partial charge >= 0.3 is 0 Å². The average molecular weight is 245 g/mol. The summed E-state index contributed by atoms with van der Waals surface area (Å²) in [6, 6.07) is 9.68. The molecule has 4 nitrogen and oxygen atoms in total. The topological polar surface area (TPSA) is 55.4 Å². The maximum Gasteiger partial charge on any atom is 0.201 e. The molecular weight excluding hydrogens is 226 g/mol. The van der Waals surface area contributed by atoms with Crippen LogP contribution in [-0.2, 0) is 10.9 Å². The van der Waals surface area contributed by atoms with Gasteiger partial charge in [-0.25, -0.2) is 13.1 Å². The van der Waals surface area contributed by atoms with Crippen LogP contribution < -0.4 is 9.46 Å². The maximum atomic E-state index is 9.80. The van der Waals surface area contributed by atoms with Crippen LogP contribution in [0.3, 0.4) is 0 Å². The van der Waals surface area contributed by atoms with Crippen molar-refractivity contribution in [2.75, 3.05) is 13.7 Å². The lowest BCUT2D eigenvalue weighted by molar-refractivity contribution is 0.415. The first-order valence-electron chi connectivity index (χ1n) is 5.17. The zero-order valence-corrected chi connectivity index (χ0v) is 10.6. The van der Waals surface area contributed by atoms with Crippen LogP contribution in [0.5, 0.6) is 5.75 Å². The number of hydrogen-bond donors (Lipinski definition) is 2. The van der Waals surface area contributed by atoms with E-state index in [2.05, 4.69) is 4.72 Å². The summed E-state index contributed by atoms with van der Waals surface area (Å²) in [5.41, 5.74) is 0. The molecule has 0 heterocycles. The van der Waals surface area contributed by atoms with Gasteiger partial charge in [-0.15, -0.1) is 0 Å². The Bertz CT molecular complexity index is 317. The lowest BCUT2D eigenvalue weighted by Crippen LogP contribution is -2.11. The molecule has 16 heavy (non-hydrogen) atoms. The van der Waals surface area contributed by atoms with Gasteiger partial charge in [-0.2, -0.15) is 0 Å². The normalized spacial score (nSPS) is 9.44. The van der Waals surface area contributed by atoms with Crippen molar-refractivity contribution < 1.29 is 13.2 Å². The van der Waals surface area contributed by atoms with Gasteiger partial charge in [0.15, 0.2) is 0 Å². The van der Waals surface area contributed by atoms with Gasteiger partial charge in [-0.05, 0) is 18.6 Å². The summed E-state index contributed by atoms with van der Waals surface area (Å²) in [5, 5.41) is 0. The molecule has 0 atom stereocenters. The molecule has 0 radical (unpaired) electrons. The third kappa shape index (κ3) is 9.48. The maximum absolute atomic E-state index is 9.80. The molecule has 1 aromatic carbocycles. The summed E-state index contributed by atoms with van der Waals surface area (Å²) in [4.78, 5) is 0. The van der Waals surface area contributed by atoms with Crippen molar-refractivity contribution in [3.63, 3.8) is 0 Å². The fourth-order valence-corrected chi connectivity index (χ4v) is 1.24. The largest absolute Gasteiger partial charge is 0.497 e. The van der Waals surface area contributed by atoms with Crippen molar-refractivity contribution in [3.8, 4) is 5.75 Å². The van der Waals surface area contributed by atoms with E-state index in [9.17, 15) is 8.42 Å². The second-order valence-corrected chi connectivity index (χ2v) is 3.87. The SMILES string of the molecule is CCCCN[SH](=O)=O.COc1ccccc1. The van der Waals surface area contributed by atoms with Crippen molar-refractivity contribution in [1.82, 2.24) is 4.72 Å². The Hall–Kier alpha value is -1.07. The first-order chi connectivity index (χ1) is 7.70. The minimum Gasteiger partial charge on any atom is -0.497 e. The van der Waals surface area contributed by atoms with Gasteiger partial charge in [0.05, 0.1) is 7.11 Å². The summed E-state index contributed by atoms with van der Waals surface area (Å²) in [7, 11) is -0.700. The Kier molecular flexibility index (Phi) is 9.75. The zero-order chi connectivity index (χ0) is 12.2. The van der Waals surface area contributed by atoms with Crippen molar-refractivity contribution in [2.24, 2.45) is 0 Å². The van der Waals surface area contributed by atoms with Crippen LogP contribution in [0.15, 0.2) is 30.3 Å². The Morgan fingerprint density at radius 1 is 1.25 bits per heavy atom. The number of methoxy groups -OCH3 is 1. The fraction of sp³-hybridized carbons (Fsp3) is 0.455. The molecule has 0 fully saturated rings. The third-order valence-electron chi connectivity index (χ3n) is 1.75. The summed E-state index contributed by atoms with van der Waals surface area (Å²) in [6.07, 6.45) is 1.94. The Morgan fingerprint density at radius 3 is 2.25 bits per heavy atom. The standard InChI is InChI=1S/C7H8O.C4H11NO2S/c1-8-7-5-3-2-4-6-7;1-2-3-4-5-8(6)7/h2-6H,1H3;8H,2-4H2,1H3,(H,5,6,7). The average Bonchev–Trinajstić information content (AvgIpc) is 2.31. The number of thiol groups is 1. The van der Waals surface area contributed by atoms with E-state index < -0.39 is 10.9 Å². The summed E-state index contributed by atoms with van der Waals surface area (Å²) >= 11 is 0. The second-order valence-electron chi connectivity index (χ2n) is 3.04. The minimum atomic E-state index is -2.36. The first kappa shape index (κ1) is 14.9. The highest BCUT2D eigenvalue weighted by Crippen LogP contribution is 2.05. The number of hydrogen-bond acceptors (Lipinski definition) is 3. The zero-order valence-electron chi connectivity index (χ0n) is 9.68. The predicted octanol–water partition coefficient (Wildman–Crippen LogP) is 1.60. The third-order valence-corrected chi connectivity index (χ3v) is 2.23. The molecule has 1 rings (SSSR count). The second kappa shape index (κ2) is 10.4. The van der Waals surface area contributed by atoms with Crippen molar-refractivity contribution in [1.29, 1.82) is 0 Å². The van der Waals surface area contributed by atoms with Crippen molar-refractivity contribution in [3.05, 3.63) is 30.3 Å². The highest BCUT2D eigenvalue weighted by molar-refractivity contribution is 7.70. The molecule has 0 spiro atoms. The summed E-state index contributed by atoms with van der Waals surface area (Å²) in [5.74, 6) is 0.910. The number of rotatable bonds is 5. The lowest BCUT2D eigenvalue weighted by atomic mass is 10.3. The molecule has 0 saturated carbocycles. The van der Waals surface area contributed by atoms with Crippen LogP contribution in [0, 0.1) is 0 Å². The number of ether oxygens (including phenoxy) is 1. The molecule has 0 bridgehead atoms. The van der Waals surface area contributed by atoms with E-state index in [0.29, 0.717) is 6.54 Å². The van der Waals surface area contributed by atoms with Crippen molar-refractivity contribution >= 4 is 10.9 Å². The molecule has 0 aliphatic carbocycles. The fourth-order valence-electron chi connectivity index (χ4n) is 0.904. The van der Waals surface area contributed by atoms with Gasteiger partial charge in [0, 0.05) is 6.54 Å². The molecule has 0 unspecified atom stereocenters. The summed E-state index contributed by atoms with van der Waals surface area (Å²) in [6.45, 7) is 2.59. The molecule has 92 valence electrons. The van der Waals surface area contributed by atoms with Gasteiger partial charge in [-0.1, -0.05) is 31.5 Å². The van der Waals surface area contributed by atoms with Crippen LogP contribution in [0.25, 0.3) is 0 Å². The Labute approximate surface area is 98.7 Å². The van der Waals surface area contributed by atoms with Gasteiger partial charge in [0.1, 0.15) is 5.75 Å². The number of benzene rings is 1. The first-order valence-corrected chi connectivity index (χ1v) is 6.35. The van der Waals surface area contributed by atoms with E-state index in [-0.39, 0.29) is 0 Å². The predicted molar refractivity (Wildman–Crippen MR) is 66.2 cm³/mol. The van der Waals surface area contributed by atoms with Crippen LogP contribution in [-0.4, -0.2) is 22.1 Å². The van der Waals surface area contributed by atoms with E-state index in [0.717, 1.165) is 18.6 Å². The molecule has 0 aliphatic heterocycles. The van der Waals surface area contributed by atoms with Crippen LogP contribution in [0.4, 0.5) is 0 Å². The van der Waals surface area contributed by atoms with Gasteiger partial charge in [-0.3, -0.25) is 0 Å². The molecule has 0 aromatic heterocycles. The van der Waals surface area contributed by atoms with E-state index in [1.54, 1.807) is 7.11 Å². The van der Waals surface area contributed by atoms with Gasteiger partial charge < -0.3 is 4.74 Å². The van der Waals surface area contributed by atoms with Crippen LogP contribution in [0.2, 0.25) is 0 Å². The molecule has 1 aromatic rings. The molecular formula is C11H19NO3S. The highest BCUT2D eigenvalue weighted by Gasteiger charge is 1.82. The molecule has 0 aliphatic rings. The Balaban J connectivity index is 0.000000281. The monoisotopic (exact) mass is 245 g/mol. The van der Waals surface area contributed by atoms with E-state index in [4.69, 9.17) is 4.74 Å². The number of para-hydroxylation sites is 1. The lowest BCUT2D eigenvalue weighted by Gasteiger charge is -1.93. The quantitative estimate of drug-likeness (QED) is 0.612.